The van der Waals surface area contributed by atoms with Crippen LogP contribution in [0, 0.1) is 5.82 Å². The molecule has 0 fully saturated rings. The second-order valence-electron chi connectivity index (χ2n) is 7.41. The predicted octanol–water partition coefficient (Wildman–Crippen LogP) is 6.37. The van der Waals surface area contributed by atoms with Gasteiger partial charge in [-0.3, -0.25) is 0 Å². The van der Waals surface area contributed by atoms with Gasteiger partial charge in [0.15, 0.2) is 0 Å². The van der Waals surface area contributed by atoms with E-state index in [4.69, 9.17) is 0 Å². The minimum absolute atomic E-state index is 0.0865. The van der Waals surface area contributed by atoms with Crippen LogP contribution in [-0.4, -0.2) is 22.9 Å². The van der Waals surface area contributed by atoms with Crippen LogP contribution in [0.15, 0.2) is 24.4 Å². The third-order valence-corrected chi connectivity index (χ3v) is 21.2. The molecule has 0 bridgehead atoms. The van der Waals surface area contributed by atoms with Gasteiger partial charge in [-0.15, -0.1) is 0 Å². The molecule has 0 aliphatic carbocycles. The van der Waals surface area contributed by atoms with E-state index in [-0.39, 0.29) is 5.82 Å². The first-order chi connectivity index (χ1) is 11.6. The number of nitrogens with zero attached hydrogens (tertiary/aromatic N) is 1. The summed E-state index contributed by atoms with van der Waals surface area (Å²) in [7, 11) is 2.12. The molecule has 1 nitrogen and oxygen atoms in total. The van der Waals surface area contributed by atoms with E-state index in [1.54, 1.807) is 15.7 Å². The Morgan fingerprint density at radius 2 is 1.46 bits per heavy atom. The summed E-state index contributed by atoms with van der Waals surface area (Å²) in [5.41, 5.74) is 1.21. The number of hydrogen-bond acceptors (Lipinski definition) is 0. The van der Waals surface area contributed by atoms with Crippen molar-refractivity contribution >= 4 is 32.9 Å². The summed E-state index contributed by atoms with van der Waals surface area (Å²) < 4.78 is 22.1. The molecule has 0 saturated heterocycles. The van der Waals surface area contributed by atoms with Crippen molar-refractivity contribution in [2.24, 2.45) is 7.05 Å². The predicted molar refractivity (Wildman–Crippen MR) is 107 cm³/mol. The second-order valence-corrected chi connectivity index (χ2v) is 20.5. The zero-order chi connectivity index (χ0) is 17.6. The number of hydrogen-bond donors (Lipinski definition) is 0. The quantitative estimate of drug-likeness (QED) is 0.380. The molecular formula is C21H34FNSn. The third-order valence-electron chi connectivity index (χ3n) is 5.55. The molecule has 0 spiro atoms. The van der Waals surface area contributed by atoms with Crippen molar-refractivity contribution in [3.63, 3.8) is 0 Å². The van der Waals surface area contributed by atoms with Crippen molar-refractivity contribution in [1.82, 2.24) is 4.57 Å². The van der Waals surface area contributed by atoms with Crippen molar-refractivity contribution in [3.05, 3.63) is 30.2 Å². The van der Waals surface area contributed by atoms with E-state index in [1.807, 2.05) is 6.07 Å². The van der Waals surface area contributed by atoms with Gasteiger partial charge in [-0.2, -0.15) is 0 Å². The van der Waals surface area contributed by atoms with Gasteiger partial charge in [-0.05, 0) is 0 Å². The van der Waals surface area contributed by atoms with Gasteiger partial charge in [-0.25, -0.2) is 0 Å². The molecule has 0 radical (unpaired) electrons. The average Bonchev–Trinajstić information content (AvgIpc) is 2.91. The number of unbranched alkanes of at least 4 members (excludes halogenated alkanes) is 3. The van der Waals surface area contributed by atoms with Gasteiger partial charge >= 0.3 is 152 Å². The first kappa shape index (κ1) is 19.8. The van der Waals surface area contributed by atoms with E-state index in [0.29, 0.717) is 0 Å². The van der Waals surface area contributed by atoms with Crippen LogP contribution in [-0.2, 0) is 7.05 Å². The Kier molecular flexibility index (Phi) is 7.64. The molecule has 134 valence electrons. The molecule has 1 aromatic heterocycles. The van der Waals surface area contributed by atoms with Crippen LogP contribution < -0.4 is 3.58 Å². The summed E-state index contributed by atoms with van der Waals surface area (Å²) in [6, 6.07) is 5.37. The van der Waals surface area contributed by atoms with Crippen LogP contribution in [0.3, 0.4) is 0 Å². The molecule has 0 aliphatic rings. The summed E-state index contributed by atoms with van der Waals surface area (Å²) in [6.07, 6.45) is 10.2. The van der Waals surface area contributed by atoms with E-state index in [1.165, 1.54) is 62.7 Å². The van der Waals surface area contributed by atoms with Gasteiger partial charge in [0, 0.05) is 0 Å². The maximum absolute atomic E-state index is 14.0. The molecule has 0 N–H and O–H groups in total. The fourth-order valence-corrected chi connectivity index (χ4v) is 20.9. The normalized spacial score (nSPS) is 12.2. The van der Waals surface area contributed by atoms with Crippen LogP contribution in [0.25, 0.3) is 10.9 Å². The van der Waals surface area contributed by atoms with Gasteiger partial charge in [-0.1, -0.05) is 0 Å². The fraction of sp³-hybridized carbons (Fsp3) is 0.619. The van der Waals surface area contributed by atoms with Crippen molar-refractivity contribution in [2.75, 3.05) is 0 Å². The number of halogens is 1. The Morgan fingerprint density at radius 3 is 1.96 bits per heavy atom. The van der Waals surface area contributed by atoms with E-state index >= 15 is 0 Å². The molecule has 0 unspecified atom stereocenters. The number of aryl methyl sites for hydroxylation is 1. The maximum atomic E-state index is 14.0. The molecule has 24 heavy (non-hydrogen) atoms. The van der Waals surface area contributed by atoms with Crippen molar-refractivity contribution < 1.29 is 4.39 Å². The van der Waals surface area contributed by atoms with Gasteiger partial charge in [0.2, 0.25) is 0 Å². The molecule has 0 saturated carbocycles. The van der Waals surface area contributed by atoms with Crippen LogP contribution >= 0.6 is 0 Å². The Labute approximate surface area is 151 Å². The number of benzene rings is 1. The Bertz CT molecular complexity index is 625. The summed E-state index contributed by atoms with van der Waals surface area (Å²) in [4.78, 5) is 0. The van der Waals surface area contributed by atoms with E-state index < -0.39 is 18.4 Å². The molecule has 2 rings (SSSR count). The van der Waals surface area contributed by atoms with Gasteiger partial charge in [0.25, 0.3) is 0 Å². The molecule has 0 atom stereocenters. The zero-order valence-electron chi connectivity index (χ0n) is 16.0. The van der Waals surface area contributed by atoms with Crippen molar-refractivity contribution in [1.29, 1.82) is 0 Å². The van der Waals surface area contributed by atoms with Crippen LogP contribution in [0.1, 0.15) is 59.3 Å². The summed E-state index contributed by atoms with van der Waals surface area (Å²) in [6.45, 7) is 6.91. The molecule has 3 heteroatoms. The first-order valence-corrected chi connectivity index (χ1v) is 17.3. The summed E-state index contributed by atoms with van der Waals surface area (Å²) in [5.74, 6) is -0.0865. The van der Waals surface area contributed by atoms with Crippen molar-refractivity contribution in [2.45, 2.75) is 72.6 Å². The van der Waals surface area contributed by atoms with Gasteiger partial charge in [0.05, 0.1) is 0 Å². The number of fused-ring (bicyclic) bond motifs is 1. The van der Waals surface area contributed by atoms with E-state index in [9.17, 15) is 4.39 Å². The van der Waals surface area contributed by atoms with E-state index in [2.05, 4.69) is 38.6 Å². The average molecular weight is 438 g/mol. The molecule has 0 amide bonds. The second kappa shape index (κ2) is 9.26. The minimum atomic E-state index is -2.51. The molecule has 1 heterocycles. The Hall–Kier alpha value is -0.511. The van der Waals surface area contributed by atoms with Crippen LogP contribution in [0.2, 0.25) is 13.3 Å². The number of rotatable bonds is 10. The fourth-order valence-electron chi connectivity index (χ4n) is 4.11. The zero-order valence-corrected chi connectivity index (χ0v) is 18.9. The van der Waals surface area contributed by atoms with Crippen LogP contribution in [0.4, 0.5) is 4.39 Å². The topological polar surface area (TPSA) is 4.93 Å². The molecule has 0 aliphatic heterocycles. The molecular weight excluding hydrogens is 404 g/mol. The Balaban J connectivity index is 2.56. The van der Waals surface area contributed by atoms with Gasteiger partial charge in [0.1, 0.15) is 0 Å². The SMILES string of the molecule is CCC[CH2][Sn]([CH2]CCC)([CH2]CCC)[c]1cn(C)c2ccc(F)cc12. The Morgan fingerprint density at radius 1 is 0.917 bits per heavy atom. The monoisotopic (exact) mass is 439 g/mol. The van der Waals surface area contributed by atoms with Gasteiger partial charge < -0.3 is 0 Å². The first-order valence-electron chi connectivity index (χ1n) is 9.83. The van der Waals surface area contributed by atoms with Crippen LogP contribution in [0.5, 0.6) is 0 Å². The standard InChI is InChI=1S/C9H7FN.3C4H9.Sn/c1-11-5-4-7-6-8(10)2-3-9(7)11;3*1-3-4-2;/h2-3,5-6H,1H3;3*1,3-4H2,2H3;. The molecule has 2 aromatic rings. The number of aromatic nitrogens is 1. The van der Waals surface area contributed by atoms with Crippen molar-refractivity contribution in [3.8, 4) is 0 Å². The van der Waals surface area contributed by atoms with E-state index in [0.717, 1.165) is 0 Å². The summed E-state index contributed by atoms with van der Waals surface area (Å²) in [5, 5.41) is 1.22. The molecule has 1 aromatic carbocycles. The summed E-state index contributed by atoms with van der Waals surface area (Å²) >= 11 is -2.51. The third kappa shape index (κ3) is 4.36.